The number of aryl methyl sites for hydroxylation is 1. The highest BCUT2D eigenvalue weighted by Gasteiger charge is 2.12. The molecule has 3 aromatic rings. The minimum atomic E-state index is -0.773. The van der Waals surface area contributed by atoms with Crippen LogP contribution in [-0.2, 0) is 11.3 Å². The number of aromatic nitrogens is 3. The zero-order valence-electron chi connectivity index (χ0n) is 11.4. The summed E-state index contributed by atoms with van der Waals surface area (Å²) < 4.78 is 2.08. The van der Waals surface area contributed by atoms with Crippen molar-refractivity contribution in [3.63, 3.8) is 0 Å². The largest absolute Gasteiger partial charge is 0.481 e. The third-order valence-corrected chi connectivity index (χ3v) is 3.37. The van der Waals surface area contributed by atoms with E-state index in [0.717, 1.165) is 22.4 Å². The van der Waals surface area contributed by atoms with Crippen LogP contribution in [0.4, 0.5) is 0 Å². The lowest BCUT2D eigenvalue weighted by atomic mass is 10.2. The highest BCUT2D eigenvalue weighted by Crippen LogP contribution is 2.24. The molecule has 0 fully saturated rings. The number of benzene rings is 1. The van der Waals surface area contributed by atoms with Crippen molar-refractivity contribution < 1.29 is 9.90 Å². The lowest BCUT2D eigenvalue weighted by molar-refractivity contribution is -0.137. The molecule has 0 aliphatic heterocycles. The summed E-state index contributed by atoms with van der Waals surface area (Å²) in [5, 5.41) is 8.81. The molecule has 0 aliphatic carbocycles. The molecule has 0 aliphatic rings. The first-order chi connectivity index (χ1) is 10.3. The van der Waals surface area contributed by atoms with E-state index < -0.39 is 5.97 Å². The number of nitrogens with zero attached hydrogens (tertiary/aromatic N) is 3. The molecule has 0 radical (unpaired) electrons. The number of imidazole rings is 1. The van der Waals surface area contributed by atoms with Gasteiger partial charge < -0.3 is 9.67 Å². The van der Waals surface area contributed by atoms with Gasteiger partial charge in [0.05, 0.1) is 11.0 Å². The molecular weight excluding hydrogens is 266 g/mol. The normalized spacial score (nSPS) is 10.9. The second-order valence-corrected chi connectivity index (χ2v) is 4.81. The highest BCUT2D eigenvalue weighted by atomic mass is 16.4. The van der Waals surface area contributed by atoms with Crippen LogP contribution in [0.15, 0.2) is 48.8 Å². The summed E-state index contributed by atoms with van der Waals surface area (Å²) in [6.07, 6.45) is 4.20. The molecular formula is C16H15N3O2. The number of carboxylic acids is 1. The second-order valence-electron chi connectivity index (χ2n) is 4.81. The van der Waals surface area contributed by atoms with Crippen LogP contribution in [0.5, 0.6) is 0 Å². The van der Waals surface area contributed by atoms with Crippen LogP contribution in [0.3, 0.4) is 0 Å². The summed E-state index contributed by atoms with van der Waals surface area (Å²) in [5.41, 5.74) is 2.92. The summed E-state index contributed by atoms with van der Waals surface area (Å²) in [4.78, 5) is 19.4. The smallest absolute Gasteiger partial charge is 0.303 e. The lowest BCUT2D eigenvalue weighted by Gasteiger charge is -2.08. The molecule has 21 heavy (non-hydrogen) atoms. The van der Waals surface area contributed by atoms with Gasteiger partial charge in [-0.1, -0.05) is 12.1 Å². The number of aliphatic carboxylic acids is 1. The summed E-state index contributed by atoms with van der Waals surface area (Å²) in [7, 11) is 0. The number of fused-ring (bicyclic) bond motifs is 1. The van der Waals surface area contributed by atoms with Crippen molar-refractivity contribution >= 4 is 17.0 Å². The van der Waals surface area contributed by atoms with Crippen molar-refractivity contribution in [2.45, 2.75) is 19.4 Å². The van der Waals surface area contributed by atoms with Crippen LogP contribution in [0, 0.1) is 0 Å². The Morgan fingerprint density at radius 2 is 1.90 bits per heavy atom. The maximum absolute atomic E-state index is 10.7. The van der Waals surface area contributed by atoms with Crippen LogP contribution in [0.1, 0.15) is 12.8 Å². The summed E-state index contributed by atoms with van der Waals surface area (Å²) in [6, 6.07) is 11.7. The number of pyridine rings is 1. The van der Waals surface area contributed by atoms with Gasteiger partial charge in [0.2, 0.25) is 0 Å². The van der Waals surface area contributed by atoms with Gasteiger partial charge in [-0.3, -0.25) is 9.78 Å². The van der Waals surface area contributed by atoms with Crippen LogP contribution < -0.4 is 0 Å². The van der Waals surface area contributed by atoms with Crippen LogP contribution in [0.25, 0.3) is 22.4 Å². The van der Waals surface area contributed by atoms with Gasteiger partial charge >= 0.3 is 5.97 Å². The molecule has 1 aromatic carbocycles. The fourth-order valence-corrected chi connectivity index (χ4v) is 2.41. The first-order valence-corrected chi connectivity index (χ1v) is 6.83. The van der Waals surface area contributed by atoms with Crippen molar-refractivity contribution in [3.05, 3.63) is 48.8 Å². The lowest BCUT2D eigenvalue weighted by Crippen LogP contribution is -2.03. The molecule has 106 valence electrons. The van der Waals surface area contributed by atoms with Gasteiger partial charge in [-0.25, -0.2) is 4.98 Å². The minimum absolute atomic E-state index is 0.155. The van der Waals surface area contributed by atoms with E-state index in [1.54, 1.807) is 12.4 Å². The minimum Gasteiger partial charge on any atom is -0.481 e. The molecule has 2 aromatic heterocycles. The maximum Gasteiger partial charge on any atom is 0.303 e. The predicted octanol–water partition coefficient (Wildman–Crippen LogP) is 2.96. The monoisotopic (exact) mass is 281 g/mol. The molecule has 5 nitrogen and oxygen atoms in total. The van der Waals surface area contributed by atoms with Gasteiger partial charge in [0.25, 0.3) is 0 Å². The summed E-state index contributed by atoms with van der Waals surface area (Å²) >= 11 is 0. The van der Waals surface area contributed by atoms with Crippen molar-refractivity contribution in [1.29, 1.82) is 0 Å². The molecule has 1 N–H and O–H groups in total. The molecule has 0 saturated carbocycles. The molecule has 0 bridgehead atoms. The Balaban J connectivity index is 2.04. The number of rotatable bonds is 5. The average molecular weight is 281 g/mol. The zero-order chi connectivity index (χ0) is 14.7. The number of hydrogen-bond donors (Lipinski definition) is 1. The third-order valence-electron chi connectivity index (χ3n) is 3.37. The molecule has 0 unspecified atom stereocenters. The topological polar surface area (TPSA) is 68.0 Å². The second kappa shape index (κ2) is 5.75. The van der Waals surface area contributed by atoms with E-state index in [1.807, 2.05) is 36.4 Å². The van der Waals surface area contributed by atoms with Crippen molar-refractivity contribution in [2.24, 2.45) is 0 Å². The fourth-order valence-electron chi connectivity index (χ4n) is 2.41. The van der Waals surface area contributed by atoms with E-state index in [9.17, 15) is 4.79 Å². The average Bonchev–Trinajstić information content (AvgIpc) is 2.87. The van der Waals surface area contributed by atoms with E-state index >= 15 is 0 Å². The molecule has 5 heteroatoms. The molecule has 0 spiro atoms. The third kappa shape index (κ3) is 2.76. The molecule has 0 atom stereocenters. The van der Waals surface area contributed by atoms with Gasteiger partial charge in [-0.05, 0) is 30.7 Å². The molecule has 2 heterocycles. The van der Waals surface area contributed by atoms with Gasteiger partial charge in [0, 0.05) is 30.9 Å². The predicted molar refractivity (Wildman–Crippen MR) is 79.8 cm³/mol. The standard InChI is InChI=1S/C16H15N3O2/c20-15(21)6-3-11-19-14-5-2-1-4-13(14)18-16(19)12-7-9-17-10-8-12/h1-2,4-5,7-10H,3,6,11H2,(H,20,21). The quantitative estimate of drug-likeness (QED) is 0.780. The van der Waals surface area contributed by atoms with Crippen LogP contribution in [0.2, 0.25) is 0 Å². The first kappa shape index (κ1) is 13.3. The van der Waals surface area contributed by atoms with E-state index in [-0.39, 0.29) is 6.42 Å². The Morgan fingerprint density at radius 1 is 1.14 bits per heavy atom. The Labute approximate surface area is 121 Å². The zero-order valence-corrected chi connectivity index (χ0v) is 11.4. The van der Waals surface area contributed by atoms with Crippen molar-refractivity contribution in [1.82, 2.24) is 14.5 Å². The van der Waals surface area contributed by atoms with Crippen LogP contribution in [-0.4, -0.2) is 25.6 Å². The van der Waals surface area contributed by atoms with E-state index in [4.69, 9.17) is 5.11 Å². The van der Waals surface area contributed by atoms with Gasteiger partial charge in [-0.15, -0.1) is 0 Å². The first-order valence-electron chi connectivity index (χ1n) is 6.83. The van der Waals surface area contributed by atoms with Crippen molar-refractivity contribution in [3.8, 4) is 11.4 Å². The number of hydrogen-bond acceptors (Lipinski definition) is 3. The Hall–Kier alpha value is -2.69. The van der Waals surface area contributed by atoms with E-state index in [1.165, 1.54) is 0 Å². The summed E-state index contributed by atoms with van der Waals surface area (Å²) in [6.45, 7) is 0.629. The number of carbonyl (C=O) groups is 1. The van der Waals surface area contributed by atoms with E-state index in [0.29, 0.717) is 13.0 Å². The van der Waals surface area contributed by atoms with Crippen LogP contribution >= 0.6 is 0 Å². The molecule has 3 rings (SSSR count). The Kier molecular flexibility index (Phi) is 3.64. The SMILES string of the molecule is O=C(O)CCCn1c(-c2ccncc2)nc2ccccc21. The Bertz CT molecular complexity index is 766. The fraction of sp³-hybridized carbons (Fsp3) is 0.188. The van der Waals surface area contributed by atoms with Gasteiger partial charge in [0.15, 0.2) is 0 Å². The van der Waals surface area contributed by atoms with Gasteiger partial charge in [-0.2, -0.15) is 0 Å². The summed E-state index contributed by atoms with van der Waals surface area (Å²) in [5.74, 6) is 0.0777. The van der Waals surface area contributed by atoms with E-state index in [2.05, 4.69) is 14.5 Å². The number of carboxylic acid groups (broad SMARTS) is 1. The van der Waals surface area contributed by atoms with Crippen molar-refractivity contribution in [2.75, 3.05) is 0 Å². The Morgan fingerprint density at radius 3 is 2.67 bits per heavy atom. The van der Waals surface area contributed by atoms with Gasteiger partial charge in [0.1, 0.15) is 5.82 Å². The highest BCUT2D eigenvalue weighted by molar-refractivity contribution is 5.80. The number of para-hydroxylation sites is 2. The molecule has 0 saturated heterocycles. The maximum atomic E-state index is 10.7. The molecule has 0 amide bonds.